The molecule has 0 aliphatic carbocycles. The van der Waals surface area contributed by atoms with Gasteiger partial charge in [-0.3, -0.25) is 4.79 Å². The van der Waals surface area contributed by atoms with E-state index in [1.54, 1.807) is 0 Å². The molecule has 1 heterocycles. The van der Waals surface area contributed by atoms with Crippen molar-refractivity contribution in [1.82, 2.24) is 4.90 Å². The number of nitrogens with two attached hydrogens (primary N) is 1. The molecule has 3 nitrogen and oxygen atoms in total. The minimum atomic E-state index is -0.301. The first-order valence-electron chi connectivity index (χ1n) is 7.41. The van der Waals surface area contributed by atoms with Crippen LogP contribution < -0.4 is 5.73 Å². The van der Waals surface area contributed by atoms with Gasteiger partial charge in [-0.1, -0.05) is 42.5 Å². The molecule has 2 aromatic rings. The van der Waals surface area contributed by atoms with Crippen molar-refractivity contribution in [3.05, 3.63) is 59.8 Å². The normalized spacial score (nSPS) is 16.6. The standard InChI is InChI=1S/C18H20N2O/c1-13(20-11-5-8-15(12-20)18(19)21)16-10-4-7-14-6-2-3-9-17(14)16/h2-4,6-7,9-10,12-13H,5,8,11H2,1H3,(H2,19,21)/t13-/m0/s1. The predicted molar refractivity (Wildman–Crippen MR) is 85.6 cm³/mol. The first-order chi connectivity index (χ1) is 10.2. The zero-order valence-electron chi connectivity index (χ0n) is 12.3. The van der Waals surface area contributed by atoms with Crippen molar-refractivity contribution >= 4 is 16.7 Å². The first kappa shape index (κ1) is 13.7. The number of carbonyl (C=O) groups excluding carboxylic acids is 1. The van der Waals surface area contributed by atoms with Crippen molar-refractivity contribution in [2.45, 2.75) is 25.8 Å². The van der Waals surface area contributed by atoms with Crippen LogP contribution in [0.15, 0.2) is 54.2 Å². The van der Waals surface area contributed by atoms with Gasteiger partial charge in [-0.15, -0.1) is 0 Å². The molecule has 1 atom stereocenters. The van der Waals surface area contributed by atoms with Crippen LogP contribution >= 0.6 is 0 Å². The summed E-state index contributed by atoms with van der Waals surface area (Å²) in [6, 6.07) is 15.0. The van der Waals surface area contributed by atoms with Crippen LogP contribution in [0.4, 0.5) is 0 Å². The Morgan fingerprint density at radius 2 is 1.95 bits per heavy atom. The topological polar surface area (TPSA) is 46.3 Å². The molecule has 108 valence electrons. The minimum Gasteiger partial charge on any atom is -0.370 e. The van der Waals surface area contributed by atoms with Crippen molar-refractivity contribution < 1.29 is 4.79 Å². The highest BCUT2D eigenvalue weighted by Crippen LogP contribution is 2.30. The summed E-state index contributed by atoms with van der Waals surface area (Å²) >= 11 is 0. The van der Waals surface area contributed by atoms with Crippen LogP contribution in [-0.2, 0) is 4.79 Å². The molecule has 0 fully saturated rings. The summed E-state index contributed by atoms with van der Waals surface area (Å²) in [6.07, 6.45) is 3.70. The molecule has 0 bridgehead atoms. The lowest BCUT2D eigenvalue weighted by atomic mass is 9.97. The first-order valence-corrected chi connectivity index (χ1v) is 7.41. The van der Waals surface area contributed by atoms with E-state index >= 15 is 0 Å². The van der Waals surface area contributed by atoms with Crippen LogP contribution in [0.25, 0.3) is 10.8 Å². The third-order valence-electron chi connectivity index (χ3n) is 4.27. The fourth-order valence-electron chi connectivity index (χ4n) is 3.07. The van der Waals surface area contributed by atoms with E-state index in [1.807, 2.05) is 6.20 Å². The second kappa shape index (κ2) is 5.60. The SMILES string of the molecule is C[C@@H](c1cccc2ccccc12)N1C=C(C(N)=O)CCC1. The van der Waals surface area contributed by atoms with E-state index in [1.165, 1.54) is 16.3 Å². The van der Waals surface area contributed by atoms with E-state index < -0.39 is 0 Å². The summed E-state index contributed by atoms with van der Waals surface area (Å²) in [7, 11) is 0. The molecule has 0 radical (unpaired) electrons. The van der Waals surface area contributed by atoms with Crippen molar-refractivity contribution in [1.29, 1.82) is 0 Å². The van der Waals surface area contributed by atoms with E-state index in [-0.39, 0.29) is 11.9 Å². The number of nitrogens with zero attached hydrogens (tertiary/aromatic N) is 1. The minimum absolute atomic E-state index is 0.228. The molecule has 2 aromatic carbocycles. The Bertz CT molecular complexity index is 700. The molecule has 0 spiro atoms. The molecule has 1 aliphatic rings. The molecule has 1 aliphatic heterocycles. The molecule has 3 heteroatoms. The summed E-state index contributed by atoms with van der Waals surface area (Å²) < 4.78 is 0. The third kappa shape index (κ3) is 2.64. The fraction of sp³-hybridized carbons (Fsp3) is 0.278. The van der Waals surface area contributed by atoms with Crippen molar-refractivity contribution in [2.24, 2.45) is 5.73 Å². The summed E-state index contributed by atoms with van der Waals surface area (Å²) in [5.41, 5.74) is 7.44. The van der Waals surface area contributed by atoms with Crippen molar-refractivity contribution in [2.75, 3.05) is 6.54 Å². The lowest BCUT2D eigenvalue weighted by molar-refractivity contribution is -0.114. The number of primary amides is 1. The molecule has 0 saturated carbocycles. The predicted octanol–water partition coefficient (Wildman–Crippen LogP) is 3.37. The Balaban J connectivity index is 1.99. The van der Waals surface area contributed by atoms with Crippen LogP contribution in [0.2, 0.25) is 0 Å². The average molecular weight is 280 g/mol. The highest BCUT2D eigenvalue weighted by atomic mass is 16.1. The van der Waals surface area contributed by atoms with Crippen LogP contribution in [0.1, 0.15) is 31.4 Å². The number of rotatable bonds is 3. The number of fused-ring (bicyclic) bond motifs is 1. The summed E-state index contributed by atoms with van der Waals surface area (Å²) in [5, 5.41) is 2.52. The third-order valence-corrected chi connectivity index (χ3v) is 4.27. The van der Waals surface area contributed by atoms with Gasteiger partial charge in [0.2, 0.25) is 5.91 Å². The Kier molecular flexibility index (Phi) is 3.65. The van der Waals surface area contributed by atoms with Crippen LogP contribution in [0.5, 0.6) is 0 Å². The molecule has 0 aromatic heterocycles. The molecule has 0 saturated heterocycles. The van der Waals surface area contributed by atoms with Crippen molar-refractivity contribution in [3.63, 3.8) is 0 Å². The van der Waals surface area contributed by atoms with Crippen LogP contribution in [-0.4, -0.2) is 17.4 Å². The zero-order chi connectivity index (χ0) is 14.8. The molecular weight excluding hydrogens is 260 g/mol. The van der Waals surface area contributed by atoms with E-state index in [9.17, 15) is 4.79 Å². The molecule has 0 unspecified atom stereocenters. The maximum atomic E-state index is 11.4. The highest BCUT2D eigenvalue weighted by Gasteiger charge is 2.20. The van der Waals surface area contributed by atoms with Gasteiger partial charge in [0.05, 0.1) is 6.04 Å². The molecular formula is C18H20N2O. The van der Waals surface area contributed by atoms with Gasteiger partial charge in [-0.2, -0.15) is 0 Å². The largest absolute Gasteiger partial charge is 0.370 e. The van der Waals surface area contributed by atoms with Gasteiger partial charge < -0.3 is 10.6 Å². The smallest absolute Gasteiger partial charge is 0.246 e. The van der Waals surface area contributed by atoms with Gasteiger partial charge in [-0.05, 0) is 36.1 Å². The quantitative estimate of drug-likeness (QED) is 0.937. The molecule has 3 rings (SSSR count). The molecule has 2 N–H and O–H groups in total. The number of hydrogen-bond donors (Lipinski definition) is 1. The number of amides is 1. The maximum absolute atomic E-state index is 11.4. The monoisotopic (exact) mass is 280 g/mol. The van der Waals surface area contributed by atoms with Crippen LogP contribution in [0, 0.1) is 0 Å². The lowest BCUT2D eigenvalue weighted by Crippen LogP contribution is -2.29. The molecule has 21 heavy (non-hydrogen) atoms. The Morgan fingerprint density at radius 1 is 1.19 bits per heavy atom. The van der Waals surface area contributed by atoms with Gasteiger partial charge >= 0.3 is 0 Å². The average Bonchev–Trinajstić information content (AvgIpc) is 2.53. The number of benzene rings is 2. The van der Waals surface area contributed by atoms with E-state index in [0.29, 0.717) is 0 Å². The van der Waals surface area contributed by atoms with Crippen molar-refractivity contribution in [3.8, 4) is 0 Å². The second-order valence-corrected chi connectivity index (χ2v) is 5.60. The van der Waals surface area contributed by atoms with E-state index in [4.69, 9.17) is 5.73 Å². The van der Waals surface area contributed by atoms with Gasteiger partial charge in [0, 0.05) is 18.3 Å². The number of hydrogen-bond acceptors (Lipinski definition) is 2. The Labute approximate surface area is 125 Å². The van der Waals surface area contributed by atoms with Crippen LogP contribution in [0.3, 0.4) is 0 Å². The lowest BCUT2D eigenvalue weighted by Gasteiger charge is -2.32. The summed E-state index contributed by atoms with van der Waals surface area (Å²) in [6.45, 7) is 3.14. The Hall–Kier alpha value is -2.29. The summed E-state index contributed by atoms with van der Waals surface area (Å²) in [5.74, 6) is -0.301. The van der Waals surface area contributed by atoms with Gasteiger partial charge in [-0.25, -0.2) is 0 Å². The van der Waals surface area contributed by atoms with E-state index in [0.717, 1.165) is 25.0 Å². The highest BCUT2D eigenvalue weighted by molar-refractivity contribution is 5.92. The number of carbonyl (C=O) groups is 1. The van der Waals surface area contributed by atoms with Gasteiger partial charge in [0.25, 0.3) is 0 Å². The van der Waals surface area contributed by atoms with Gasteiger partial charge in [0.15, 0.2) is 0 Å². The van der Waals surface area contributed by atoms with E-state index in [2.05, 4.69) is 54.3 Å². The summed E-state index contributed by atoms with van der Waals surface area (Å²) in [4.78, 5) is 13.6. The maximum Gasteiger partial charge on any atom is 0.246 e. The van der Waals surface area contributed by atoms with Gasteiger partial charge in [0.1, 0.15) is 0 Å². The molecule has 1 amide bonds. The Morgan fingerprint density at radius 3 is 2.76 bits per heavy atom. The zero-order valence-corrected chi connectivity index (χ0v) is 12.3. The fourth-order valence-corrected chi connectivity index (χ4v) is 3.07. The second-order valence-electron chi connectivity index (χ2n) is 5.60.